The first-order valence-corrected chi connectivity index (χ1v) is 11.6. The minimum atomic E-state index is -0.534. The van der Waals surface area contributed by atoms with Crippen LogP contribution in [0.15, 0.2) is 30.5 Å². The van der Waals surface area contributed by atoms with E-state index in [4.69, 9.17) is 11.6 Å². The molecule has 0 aliphatic rings. The summed E-state index contributed by atoms with van der Waals surface area (Å²) in [7, 11) is 0. The van der Waals surface area contributed by atoms with E-state index in [1.807, 2.05) is 19.9 Å². The van der Waals surface area contributed by atoms with Gasteiger partial charge in [0.2, 0.25) is 5.95 Å². The van der Waals surface area contributed by atoms with Gasteiger partial charge in [-0.1, -0.05) is 52.1 Å². The van der Waals surface area contributed by atoms with Gasteiger partial charge < -0.3 is 10.6 Å². The summed E-state index contributed by atoms with van der Waals surface area (Å²) in [6.45, 7) is 14.5. The van der Waals surface area contributed by atoms with E-state index < -0.39 is 12.0 Å². The Labute approximate surface area is 206 Å². The zero-order valence-electron chi connectivity index (χ0n) is 20.8. The first kappa shape index (κ1) is 26.9. The molecule has 0 fully saturated rings. The normalized spacial score (nSPS) is 11.4. The predicted molar refractivity (Wildman–Crippen MR) is 140 cm³/mol. The van der Waals surface area contributed by atoms with Crippen LogP contribution < -0.4 is 10.6 Å². The highest BCUT2D eigenvalue weighted by molar-refractivity contribution is 6.35. The average Bonchev–Trinajstić information content (AvgIpc) is 2.78. The standard InChI is InChI=1S/C25H25ClFN5.C2H6/c1-6-7-21(18-8-9-22(27)31-15(18)2)32-17-10-19-23(30-14-25(3,4)5)16(12-28)13-29-24(19)20(26)11-17;1-2/h8-11,13,21,32H,14H2,1-5H3,(H,29,30);1-2H3. The molecule has 0 bridgehead atoms. The maximum absolute atomic E-state index is 13.5. The fourth-order valence-electron chi connectivity index (χ4n) is 3.32. The zero-order chi connectivity index (χ0) is 25.5. The molecule has 3 aromatic rings. The molecule has 5 nitrogen and oxygen atoms in total. The van der Waals surface area contributed by atoms with Crippen LogP contribution >= 0.6 is 11.6 Å². The van der Waals surface area contributed by atoms with Gasteiger partial charge in [0.1, 0.15) is 12.1 Å². The number of nitrogens with zero attached hydrogens (tertiary/aromatic N) is 3. The predicted octanol–water partition coefficient (Wildman–Crippen LogP) is 7.26. The van der Waals surface area contributed by atoms with E-state index in [1.54, 1.807) is 26.0 Å². The van der Waals surface area contributed by atoms with Crippen LogP contribution in [-0.4, -0.2) is 16.5 Å². The van der Waals surface area contributed by atoms with Gasteiger partial charge in [0.15, 0.2) is 0 Å². The van der Waals surface area contributed by atoms with E-state index in [1.165, 1.54) is 12.3 Å². The fraction of sp³-hybridized carbons (Fsp3) is 0.370. The number of pyridine rings is 2. The molecule has 2 N–H and O–H groups in total. The van der Waals surface area contributed by atoms with Crippen LogP contribution in [0.3, 0.4) is 0 Å². The molecule has 0 saturated heterocycles. The summed E-state index contributed by atoms with van der Waals surface area (Å²) in [5.74, 6) is 5.48. The van der Waals surface area contributed by atoms with E-state index in [0.29, 0.717) is 39.7 Å². The molecule has 0 radical (unpaired) electrons. The smallest absolute Gasteiger partial charge is 0.213 e. The number of aryl methyl sites for hydroxylation is 1. The van der Waals surface area contributed by atoms with Crippen LogP contribution in [0.5, 0.6) is 0 Å². The topological polar surface area (TPSA) is 73.6 Å². The minimum Gasteiger partial charge on any atom is -0.383 e. The number of halogens is 2. The first-order valence-electron chi connectivity index (χ1n) is 11.2. The maximum atomic E-state index is 13.5. The van der Waals surface area contributed by atoms with Crippen molar-refractivity contribution in [3.05, 3.63) is 58.3 Å². The van der Waals surface area contributed by atoms with Crippen LogP contribution in [0.2, 0.25) is 5.02 Å². The Morgan fingerprint density at radius 3 is 2.50 bits per heavy atom. The van der Waals surface area contributed by atoms with E-state index >= 15 is 0 Å². The van der Waals surface area contributed by atoms with Gasteiger partial charge in [-0.05, 0) is 43.5 Å². The van der Waals surface area contributed by atoms with Crippen LogP contribution in [0.4, 0.5) is 15.8 Å². The van der Waals surface area contributed by atoms with Crippen molar-refractivity contribution in [2.45, 2.75) is 54.5 Å². The number of rotatable bonds is 5. The Morgan fingerprint density at radius 2 is 1.91 bits per heavy atom. The summed E-state index contributed by atoms with van der Waals surface area (Å²) in [5.41, 5.74) is 3.77. The lowest BCUT2D eigenvalue weighted by molar-refractivity contribution is 0.443. The summed E-state index contributed by atoms with van der Waals surface area (Å²) in [5, 5.41) is 17.6. The lowest BCUT2D eigenvalue weighted by atomic mass is 9.96. The number of hydrogen-bond acceptors (Lipinski definition) is 5. The molecule has 0 saturated carbocycles. The van der Waals surface area contributed by atoms with E-state index in [9.17, 15) is 9.65 Å². The van der Waals surface area contributed by atoms with Crippen molar-refractivity contribution in [3.8, 4) is 17.9 Å². The number of nitriles is 1. The molecular weight excluding hydrogens is 449 g/mol. The Morgan fingerprint density at radius 1 is 1.21 bits per heavy atom. The fourth-order valence-corrected chi connectivity index (χ4v) is 3.59. The third-order valence-corrected chi connectivity index (χ3v) is 5.13. The van der Waals surface area contributed by atoms with Crippen LogP contribution in [0, 0.1) is 41.5 Å². The Kier molecular flexibility index (Phi) is 9.24. The highest BCUT2D eigenvalue weighted by Gasteiger charge is 2.18. The largest absolute Gasteiger partial charge is 0.383 e. The number of nitrogens with one attached hydrogen (secondary N) is 2. The molecule has 1 aromatic carbocycles. The maximum Gasteiger partial charge on any atom is 0.213 e. The highest BCUT2D eigenvalue weighted by Crippen LogP contribution is 2.35. The van der Waals surface area contributed by atoms with E-state index in [0.717, 1.165) is 10.9 Å². The highest BCUT2D eigenvalue weighted by atomic mass is 35.5. The molecule has 178 valence electrons. The summed E-state index contributed by atoms with van der Waals surface area (Å²) >= 11 is 6.57. The monoisotopic (exact) mass is 479 g/mol. The molecule has 2 aromatic heterocycles. The second-order valence-corrected chi connectivity index (χ2v) is 9.11. The van der Waals surface area contributed by atoms with Gasteiger partial charge in [-0.15, -0.1) is 5.92 Å². The number of fused-ring (bicyclic) bond motifs is 1. The summed E-state index contributed by atoms with van der Waals surface area (Å²) in [4.78, 5) is 8.31. The first-order chi connectivity index (χ1) is 16.1. The third-order valence-electron chi connectivity index (χ3n) is 4.84. The molecule has 3 rings (SSSR count). The van der Waals surface area contributed by atoms with Crippen LogP contribution in [-0.2, 0) is 0 Å². The molecule has 0 aliphatic heterocycles. The zero-order valence-corrected chi connectivity index (χ0v) is 21.5. The second-order valence-electron chi connectivity index (χ2n) is 8.71. The van der Waals surface area contributed by atoms with Crippen LogP contribution in [0.25, 0.3) is 10.9 Å². The number of hydrogen-bond donors (Lipinski definition) is 2. The number of anilines is 2. The Bertz CT molecular complexity index is 1260. The molecule has 34 heavy (non-hydrogen) atoms. The average molecular weight is 480 g/mol. The van der Waals surface area contributed by atoms with Crippen molar-refractivity contribution in [1.82, 2.24) is 9.97 Å². The van der Waals surface area contributed by atoms with Gasteiger partial charge in [-0.3, -0.25) is 4.98 Å². The SMILES string of the molecule is CC.CC#CC(Nc1cc(Cl)c2ncc(C#N)c(NCC(C)(C)C)c2c1)c1ccc(F)nc1C. The summed E-state index contributed by atoms with van der Waals surface area (Å²) < 4.78 is 13.5. The van der Waals surface area contributed by atoms with Crippen LogP contribution in [0.1, 0.15) is 64.4 Å². The Hall–Kier alpha value is -3.35. The van der Waals surface area contributed by atoms with Gasteiger partial charge in [-0.2, -0.15) is 9.65 Å². The Balaban J connectivity index is 0.00000199. The van der Waals surface area contributed by atoms with Gasteiger partial charge in [0, 0.05) is 35.1 Å². The lowest BCUT2D eigenvalue weighted by Gasteiger charge is -2.22. The van der Waals surface area contributed by atoms with Crippen molar-refractivity contribution in [1.29, 1.82) is 5.26 Å². The van der Waals surface area contributed by atoms with Gasteiger partial charge in [0.05, 0.1) is 21.8 Å². The van der Waals surface area contributed by atoms with Crippen molar-refractivity contribution in [2.24, 2.45) is 5.41 Å². The van der Waals surface area contributed by atoms with E-state index in [2.05, 4.69) is 59.3 Å². The third kappa shape index (κ3) is 6.59. The molecule has 1 atom stereocenters. The summed E-state index contributed by atoms with van der Waals surface area (Å²) in [6, 6.07) is 8.45. The molecule has 2 heterocycles. The van der Waals surface area contributed by atoms with Crippen molar-refractivity contribution in [3.63, 3.8) is 0 Å². The van der Waals surface area contributed by atoms with Gasteiger partial charge >= 0.3 is 0 Å². The molecule has 0 spiro atoms. The van der Waals surface area contributed by atoms with Crippen molar-refractivity contribution in [2.75, 3.05) is 17.2 Å². The van der Waals surface area contributed by atoms with E-state index in [-0.39, 0.29) is 5.41 Å². The van der Waals surface area contributed by atoms with Gasteiger partial charge in [-0.25, -0.2) is 4.98 Å². The van der Waals surface area contributed by atoms with Gasteiger partial charge in [0.25, 0.3) is 0 Å². The summed E-state index contributed by atoms with van der Waals surface area (Å²) in [6.07, 6.45) is 1.53. The second kappa shape index (κ2) is 11.7. The lowest BCUT2D eigenvalue weighted by Crippen LogP contribution is -2.19. The minimum absolute atomic E-state index is 0.0108. The van der Waals surface area contributed by atoms with Crippen molar-refractivity contribution < 1.29 is 4.39 Å². The molecule has 0 amide bonds. The number of aromatic nitrogens is 2. The quantitative estimate of drug-likeness (QED) is 0.297. The molecule has 0 aliphatic carbocycles. The number of benzene rings is 1. The molecule has 7 heteroatoms. The van der Waals surface area contributed by atoms with Crippen molar-refractivity contribution >= 4 is 33.9 Å². The molecular formula is C27H31ClFN5. The molecule has 1 unspecified atom stereocenters.